The van der Waals surface area contributed by atoms with E-state index < -0.39 is 0 Å². The second kappa shape index (κ2) is 6.23. The standard InChI is InChI=1S/C17H18BrNO/c1-11-5-4-6-12(2)16(11)17(20)19-13(3)14-7-9-15(18)10-8-14/h4-10,13H,1-3H3,(H,19,20). The fourth-order valence-electron chi connectivity index (χ4n) is 2.28. The molecule has 0 bridgehead atoms. The lowest BCUT2D eigenvalue weighted by molar-refractivity contribution is 0.0938. The molecule has 2 rings (SSSR count). The molecule has 0 saturated carbocycles. The fourth-order valence-corrected chi connectivity index (χ4v) is 2.54. The third kappa shape index (κ3) is 3.28. The highest BCUT2D eigenvalue weighted by Crippen LogP contribution is 2.19. The van der Waals surface area contributed by atoms with E-state index in [4.69, 9.17) is 0 Å². The molecule has 0 aliphatic heterocycles. The molecule has 0 aromatic heterocycles. The molecule has 20 heavy (non-hydrogen) atoms. The summed E-state index contributed by atoms with van der Waals surface area (Å²) in [5.41, 5.74) is 3.88. The second-order valence-corrected chi connectivity index (χ2v) is 5.93. The van der Waals surface area contributed by atoms with E-state index in [-0.39, 0.29) is 11.9 Å². The summed E-state index contributed by atoms with van der Waals surface area (Å²) < 4.78 is 1.04. The molecular formula is C17H18BrNO. The number of amides is 1. The Bertz CT molecular complexity index is 599. The van der Waals surface area contributed by atoms with Gasteiger partial charge in [0.2, 0.25) is 0 Å². The average Bonchev–Trinajstić information content (AvgIpc) is 2.39. The van der Waals surface area contributed by atoms with Crippen LogP contribution in [0.5, 0.6) is 0 Å². The van der Waals surface area contributed by atoms with Crippen LogP contribution in [-0.2, 0) is 0 Å². The first-order chi connectivity index (χ1) is 9.49. The van der Waals surface area contributed by atoms with E-state index in [0.717, 1.165) is 26.7 Å². The molecule has 1 amide bonds. The largest absolute Gasteiger partial charge is 0.346 e. The predicted molar refractivity (Wildman–Crippen MR) is 85.9 cm³/mol. The third-order valence-corrected chi connectivity index (χ3v) is 3.95. The van der Waals surface area contributed by atoms with Crippen LogP contribution in [0.3, 0.4) is 0 Å². The summed E-state index contributed by atoms with van der Waals surface area (Å²) in [6.07, 6.45) is 0. The van der Waals surface area contributed by atoms with Gasteiger partial charge < -0.3 is 5.32 Å². The monoisotopic (exact) mass is 331 g/mol. The number of hydrogen-bond acceptors (Lipinski definition) is 1. The minimum Gasteiger partial charge on any atom is -0.346 e. The van der Waals surface area contributed by atoms with Gasteiger partial charge in [-0.3, -0.25) is 4.79 Å². The Kier molecular flexibility index (Phi) is 4.61. The number of carbonyl (C=O) groups is 1. The molecule has 0 aliphatic carbocycles. The third-order valence-electron chi connectivity index (χ3n) is 3.43. The van der Waals surface area contributed by atoms with E-state index in [0.29, 0.717) is 0 Å². The van der Waals surface area contributed by atoms with E-state index in [1.807, 2.05) is 63.2 Å². The van der Waals surface area contributed by atoms with Gasteiger partial charge in [0.1, 0.15) is 0 Å². The molecule has 2 aromatic rings. The Labute approximate surface area is 128 Å². The van der Waals surface area contributed by atoms with E-state index in [9.17, 15) is 4.79 Å². The maximum absolute atomic E-state index is 12.4. The molecule has 0 saturated heterocycles. The van der Waals surface area contributed by atoms with Crippen molar-refractivity contribution in [1.29, 1.82) is 0 Å². The maximum atomic E-state index is 12.4. The maximum Gasteiger partial charge on any atom is 0.252 e. The van der Waals surface area contributed by atoms with Crippen LogP contribution < -0.4 is 5.32 Å². The van der Waals surface area contributed by atoms with Crippen LogP contribution in [0.25, 0.3) is 0 Å². The summed E-state index contributed by atoms with van der Waals surface area (Å²) in [5, 5.41) is 3.06. The molecule has 1 unspecified atom stereocenters. The molecule has 0 radical (unpaired) electrons. The van der Waals surface area contributed by atoms with Gasteiger partial charge in [-0.2, -0.15) is 0 Å². The van der Waals surface area contributed by atoms with Crippen molar-refractivity contribution in [3.05, 3.63) is 69.2 Å². The average molecular weight is 332 g/mol. The van der Waals surface area contributed by atoms with E-state index in [1.165, 1.54) is 0 Å². The van der Waals surface area contributed by atoms with Crippen molar-refractivity contribution >= 4 is 21.8 Å². The molecule has 1 atom stereocenters. The van der Waals surface area contributed by atoms with Gasteiger partial charge in [-0.05, 0) is 49.6 Å². The lowest BCUT2D eigenvalue weighted by Gasteiger charge is -2.16. The van der Waals surface area contributed by atoms with Crippen molar-refractivity contribution in [2.45, 2.75) is 26.8 Å². The summed E-state index contributed by atoms with van der Waals surface area (Å²) in [4.78, 5) is 12.4. The van der Waals surface area contributed by atoms with Crippen molar-refractivity contribution in [1.82, 2.24) is 5.32 Å². The van der Waals surface area contributed by atoms with Gasteiger partial charge in [-0.15, -0.1) is 0 Å². The van der Waals surface area contributed by atoms with Gasteiger partial charge in [0.15, 0.2) is 0 Å². The zero-order chi connectivity index (χ0) is 14.7. The highest BCUT2D eigenvalue weighted by atomic mass is 79.9. The molecule has 3 heteroatoms. The number of halogens is 1. The van der Waals surface area contributed by atoms with Crippen LogP contribution in [0.2, 0.25) is 0 Å². The molecule has 1 N–H and O–H groups in total. The number of aryl methyl sites for hydroxylation is 2. The molecule has 0 heterocycles. The van der Waals surface area contributed by atoms with Crippen LogP contribution in [0.4, 0.5) is 0 Å². The minimum absolute atomic E-state index is 0.0176. The molecule has 2 nitrogen and oxygen atoms in total. The van der Waals surface area contributed by atoms with Gasteiger partial charge in [0.25, 0.3) is 5.91 Å². The summed E-state index contributed by atoms with van der Waals surface area (Å²) >= 11 is 3.41. The van der Waals surface area contributed by atoms with Crippen LogP contribution in [0, 0.1) is 13.8 Å². The predicted octanol–water partition coefficient (Wildman–Crippen LogP) is 4.56. The van der Waals surface area contributed by atoms with Gasteiger partial charge >= 0.3 is 0 Å². The molecule has 0 spiro atoms. The smallest absolute Gasteiger partial charge is 0.252 e. The van der Waals surface area contributed by atoms with E-state index in [1.54, 1.807) is 0 Å². The molecule has 2 aromatic carbocycles. The van der Waals surface area contributed by atoms with Gasteiger partial charge in [-0.1, -0.05) is 46.3 Å². The number of nitrogens with one attached hydrogen (secondary N) is 1. The second-order valence-electron chi connectivity index (χ2n) is 5.01. The highest BCUT2D eigenvalue weighted by molar-refractivity contribution is 9.10. The molecule has 0 fully saturated rings. The van der Waals surface area contributed by atoms with Crippen molar-refractivity contribution in [3.8, 4) is 0 Å². The number of hydrogen-bond donors (Lipinski definition) is 1. The van der Waals surface area contributed by atoms with Crippen LogP contribution in [-0.4, -0.2) is 5.91 Å². The van der Waals surface area contributed by atoms with Crippen LogP contribution in [0.15, 0.2) is 46.9 Å². The normalized spacial score (nSPS) is 12.0. The lowest BCUT2D eigenvalue weighted by atomic mass is 10.0. The first kappa shape index (κ1) is 14.8. The Hall–Kier alpha value is -1.61. The SMILES string of the molecule is Cc1cccc(C)c1C(=O)NC(C)c1ccc(Br)cc1. The van der Waals surface area contributed by atoms with Crippen molar-refractivity contribution in [3.63, 3.8) is 0 Å². The zero-order valence-corrected chi connectivity index (χ0v) is 13.5. The summed E-state index contributed by atoms with van der Waals surface area (Å²) in [6.45, 7) is 5.92. The topological polar surface area (TPSA) is 29.1 Å². The Morgan fingerprint density at radius 2 is 1.60 bits per heavy atom. The van der Waals surface area contributed by atoms with E-state index >= 15 is 0 Å². The Morgan fingerprint density at radius 3 is 2.15 bits per heavy atom. The van der Waals surface area contributed by atoms with Crippen LogP contribution >= 0.6 is 15.9 Å². The number of benzene rings is 2. The zero-order valence-electron chi connectivity index (χ0n) is 11.9. The van der Waals surface area contributed by atoms with Crippen molar-refractivity contribution in [2.24, 2.45) is 0 Å². The van der Waals surface area contributed by atoms with Gasteiger partial charge in [-0.25, -0.2) is 0 Å². The molecule has 0 aliphatic rings. The Morgan fingerprint density at radius 1 is 1.05 bits per heavy atom. The number of rotatable bonds is 3. The lowest BCUT2D eigenvalue weighted by Crippen LogP contribution is -2.27. The Balaban J connectivity index is 2.17. The summed E-state index contributed by atoms with van der Waals surface area (Å²) in [7, 11) is 0. The quantitative estimate of drug-likeness (QED) is 0.877. The molecule has 104 valence electrons. The summed E-state index contributed by atoms with van der Waals surface area (Å²) in [6, 6.07) is 13.9. The fraction of sp³-hybridized carbons (Fsp3) is 0.235. The van der Waals surface area contributed by atoms with E-state index in [2.05, 4.69) is 21.2 Å². The van der Waals surface area contributed by atoms with Gasteiger partial charge in [0.05, 0.1) is 6.04 Å². The highest BCUT2D eigenvalue weighted by Gasteiger charge is 2.15. The van der Waals surface area contributed by atoms with Crippen molar-refractivity contribution in [2.75, 3.05) is 0 Å². The van der Waals surface area contributed by atoms with Crippen LogP contribution in [0.1, 0.15) is 40.0 Å². The summed E-state index contributed by atoms with van der Waals surface area (Å²) in [5.74, 6) is -0.0176. The van der Waals surface area contributed by atoms with Gasteiger partial charge in [0, 0.05) is 10.0 Å². The van der Waals surface area contributed by atoms with Crippen molar-refractivity contribution < 1.29 is 4.79 Å². The minimum atomic E-state index is -0.0189. The number of carbonyl (C=O) groups excluding carboxylic acids is 1. The molecular weight excluding hydrogens is 314 g/mol. The first-order valence-electron chi connectivity index (χ1n) is 6.61. The first-order valence-corrected chi connectivity index (χ1v) is 7.41.